The van der Waals surface area contributed by atoms with Crippen molar-refractivity contribution in [1.29, 1.82) is 0 Å². The minimum Gasteiger partial charge on any atom is -0.390 e. The summed E-state index contributed by atoms with van der Waals surface area (Å²) in [5.41, 5.74) is 2.33. The summed E-state index contributed by atoms with van der Waals surface area (Å²) in [7, 11) is 0. The molecule has 4 nitrogen and oxygen atoms in total. The normalized spacial score (nSPS) is 15.1. The highest BCUT2D eigenvalue weighted by atomic mass is 16.3. The molecule has 1 heterocycles. The molecule has 0 unspecified atom stereocenters. The van der Waals surface area contributed by atoms with Gasteiger partial charge in [-0.25, -0.2) is 0 Å². The van der Waals surface area contributed by atoms with Crippen LogP contribution in [0.3, 0.4) is 0 Å². The number of aryl methyl sites for hydroxylation is 1. The van der Waals surface area contributed by atoms with E-state index in [1.807, 2.05) is 19.9 Å². The van der Waals surface area contributed by atoms with Gasteiger partial charge in [-0.1, -0.05) is 6.07 Å². The number of carbonyl (C=O) groups is 2. The molecule has 1 aromatic rings. The maximum Gasteiger partial charge on any atom is 0.299 e. The zero-order valence-corrected chi connectivity index (χ0v) is 11.8. The first-order valence-corrected chi connectivity index (χ1v) is 6.41. The average molecular weight is 261 g/mol. The molecule has 19 heavy (non-hydrogen) atoms. The fourth-order valence-corrected chi connectivity index (χ4v) is 2.27. The molecule has 1 aliphatic heterocycles. The Labute approximate surface area is 113 Å². The van der Waals surface area contributed by atoms with E-state index in [2.05, 4.69) is 0 Å². The first-order chi connectivity index (χ1) is 8.72. The van der Waals surface area contributed by atoms with Crippen molar-refractivity contribution in [2.24, 2.45) is 0 Å². The predicted octanol–water partition coefficient (Wildman–Crippen LogP) is 1.99. The quantitative estimate of drug-likeness (QED) is 0.847. The second kappa shape index (κ2) is 4.46. The van der Waals surface area contributed by atoms with E-state index in [1.165, 1.54) is 4.90 Å². The lowest BCUT2D eigenvalue weighted by molar-refractivity contribution is -0.114. The fraction of sp³-hybridized carbons (Fsp3) is 0.467. The van der Waals surface area contributed by atoms with Gasteiger partial charge in [0.2, 0.25) is 0 Å². The second-order valence-electron chi connectivity index (χ2n) is 5.75. The van der Waals surface area contributed by atoms with Crippen molar-refractivity contribution < 1.29 is 14.7 Å². The molecule has 2 rings (SSSR count). The van der Waals surface area contributed by atoms with Crippen molar-refractivity contribution in [2.75, 3.05) is 11.4 Å². The number of Topliss-reactive ketones (excluding diaryl/α,β-unsaturated/α-hetero) is 1. The lowest BCUT2D eigenvalue weighted by Crippen LogP contribution is -2.35. The molecule has 0 aliphatic carbocycles. The Morgan fingerprint density at radius 1 is 1.21 bits per heavy atom. The van der Waals surface area contributed by atoms with Crippen LogP contribution in [0.1, 0.15) is 41.8 Å². The van der Waals surface area contributed by atoms with Crippen LogP contribution in [-0.4, -0.2) is 28.9 Å². The first kappa shape index (κ1) is 13.7. The van der Waals surface area contributed by atoms with Crippen LogP contribution in [0.5, 0.6) is 0 Å². The van der Waals surface area contributed by atoms with Gasteiger partial charge in [0.25, 0.3) is 11.7 Å². The van der Waals surface area contributed by atoms with Gasteiger partial charge in [-0.15, -0.1) is 0 Å². The van der Waals surface area contributed by atoms with Gasteiger partial charge in [0, 0.05) is 6.54 Å². The van der Waals surface area contributed by atoms with E-state index in [9.17, 15) is 14.7 Å². The fourth-order valence-electron chi connectivity index (χ4n) is 2.27. The summed E-state index contributed by atoms with van der Waals surface area (Å²) in [6.07, 6.45) is 0.429. The molecule has 0 atom stereocenters. The van der Waals surface area contributed by atoms with Crippen molar-refractivity contribution in [3.05, 3.63) is 28.8 Å². The van der Waals surface area contributed by atoms with Crippen LogP contribution in [0.15, 0.2) is 12.1 Å². The zero-order chi connectivity index (χ0) is 14.4. The van der Waals surface area contributed by atoms with E-state index in [-0.39, 0.29) is 0 Å². The summed E-state index contributed by atoms with van der Waals surface area (Å²) in [6, 6.07) is 3.57. The summed E-state index contributed by atoms with van der Waals surface area (Å²) in [5, 5.41) is 9.78. The number of carbonyl (C=O) groups excluding carboxylic acids is 2. The molecule has 102 valence electrons. The predicted molar refractivity (Wildman–Crippen MR) is 73.5 cm³/mol. The van der Waals surface area contributed by atoms with E-state index in [4.69, 9.17) is 0 Å². The Morgan fingerprint density at radius 3 is 2.42 bits per heavy atom. The van der Waals surface area contributed by atoms with E-state index in [0.717, 1.165) is 11.1 Å². The summed E-state index contributed by atoms with van der Waals surface area (Å²) >= 11 is 0. The first-order valence-electron chi connectivity index (χ1n) is 6.41. The Hall–Kier alpha value is -1.68. The van der Waals surface area contributed by atoms with Crippen molar-refractivity contribution in [3.8, 4) is 0 Å². The zero-order valence-electron chi connectivity index (χ0n) is 11.8. The number of amides is 1. The van der Waals surface area contributed by atoms with Crippen LogP contribution in [-0.2, 0) is 4.79 Å². The van der Waals surface area contributed by atoms with Gasteiger partial charge in [-0.05, 0) is 51.3 Å². The Morgan fingerprint density at radius 2 is 1.84 bits per heavy atom. The van der Waals surface area contributed by atoms with Gasteiger partial charge in [-0.3, -0.25) is 9.59 Å². The molecule has 4 heteroatoms. The largest absolute Gasteiger partial charge is 0.390 e. The lowest BCUT2D eigenvalue weighted by Gasteiger charge is -2.24. The number of aliphatic hydroxyl groups is 1. The average Bonchev–Trinajstić information content (AvgIpc) is 2.55. The molecule has 1 aromatic carbocycles. The van der Waals surface area contributed by atoms with Gasteiger partial charge in [0.1, 0.15) is 0 Å². The summed E-state index contributed by atoms with van der Waals surface area (Å²) < 4.78 is 0. The van der Waals surface area contributed by atoms with Gasteiger partial charge >= 0.3 is 0 Å². The van der Waals surface area contributed by atoms with Gasteiger partial charge < -0.3 is 10.0 Å². The third-order valence-electron chi connectivity index (χ3n) is 3.60. The van der Waals surface area contributed by atoms with Crippen LogP contribution in [0, 0.1) is 13.8 Å². The van der Waals surface area contributed by atoms with Crippen molar-refractivity contribution in [1.82, 2.24) is 0 Å². The van der Waals surface area contributed by atoms with Gasteiger partial charge in [0.05, 0.1) is 16.9 Å². The highest BCUT2D eigenvalue weighted by molar-refractivity contribution is 6.52. The van der Waals surface area contributed by atoms with Crippen LogP contribution in [0.4, 0.5) is 5.69 Å². The van der Waals surface area contributed by atoms with Crippen LogP contribution >= 0.6 is 0 Å². The van der Waals surface area contributed by atoms with Crippen molar-refractivity contribution in [3.63, 3.8) is 0 Å². The SMILES string of the molecule is Cc1ccc2c(c1C)N(CCC(C)(C)O)C(=O)C2=O. The molecule has 0 fully saturated rings. The Kier molecular flexibility index (Phi) is 3.22. The molecule has 0 saturated heterocycles. The minimum atomic E-state index is -0.857. The summed E-state index contributed by atoms with van der Waals surface area (Å²) in [5.74, 6) is -0.943. The Balaban J connectivity index is 2.40. The number of ketones is 1. The van der Waals surface area contributed by atoms with Crippen LogP contribution in [0.25, 0.3) is 0 Å². The number of fused-ring (bicyclic) bond motifs is 1. The molecular weight excluding hydrogens is 242 g/mol. The summed E-state index contributed by atoms with van der Waals surface area (Å²) in [4.78, 5) is 25.5. The molecule has 0 radical (unpaired) electrons. The molecule has 1 amide bonds. The minimum absolute atomic E-state index is 0.353. The number of rotatable bonds is 3. The molecular formula is C15H19NO3. The smallest absolute Gasteiger partial charge is 0.299 e. The molecule has 1 aliphatic rings. The van der Waals surface area contributed by atoms with E-state index < -0.39 is 17.3 Å². The molecule has 0 aromatic heterocycles. The van der Waals surface area contributed by atoms with E-state index in [1.54, 1.807) is 19.9 Å². The molecule has 1 N–H and O–H groups in total. The second-order valence-corrected chi connectivity index (χ2v) is 5.75. The van der Waals surface area contributed by atoms with E-state index >= 15 is 0 Å². The third kappa shape index (κ3) is 2.40. The molecule has 0 saturated carbocycles. The van der Waals surface area contributed by atoms with Crippen molar-refractivity contribution in [2.45, 2.75) is 39.7 Å². The lowest BCUT2D eigenvalue weighted by atomic mass is 10.0. The molecule has 0 spiro atoms. The number of hydrogen-bond acceptors (Lipinski definition) is 3. The van der Waals surface area contributed by atoms with Crippen molar-refractivity contribution >= 4 is 17.4 Å². The number of benzene rings is 1. The molecule has 0 bridgehead atoms. The topological polar surface area (TPSA) is 57.6 Å². The maximum atomic E-state index is 12.0. The number of hydrogen-bond donors (Lipinski definition) is 1. The number of anilines is 1. The highest BCUT2D eigenvalue weighted by Crippen LogP contribution is 2.34. The highest BCUT2D eigenvalue weighted by Gasteiger charge is 2.37. The van der Waals surface area contributed by atoms with Crippen LogP contribution in [0.2, 0.25) is 0 Å². The van der Waals surface area contributed by atoms with Gasteiger partial charge in [-0.2, -0.15) is 0 Å². The Bertz CT molecular complexity index is 555. The standard InChI is InChI=1S/C15H19NO3/c1-9-5-6-11-12(10(9)2)16(14(18)13(11)17)8-7-15(3,4)19/h5-6,19H,7-8H2,1-4H3. The van der Waals surface area contributed by atoms with Crippen LogP contribution < -0.4 is 4.90 Å². The monoisotopic (exact) mass is 261 g/mol. The van der Waals surface area contributed by atoms with E-state index in [0.29, 0.717) is 24.2 Å². The number of nitrogens with zero attached hydrogens (tertiary/aromatic N) is 1. The third-order valence-corrected chi connectivity index (χ3v) is 3.60. The maximum absolute atomic E-state index is 12.0. The van der Waals surface area contributed by atoms with Gasteiger partial charge in [0.15, 0.2) is 0 Å². The summed E-state index contributed by atoms with van der Waals surface area (Å²) in [6.45, 7) is 7.61.